The average molecular weight is 488 g/mol. The van der Waals surface area contributed by atoms with Gasteiger partial charge in [0, 0.05) is 0 Å². The van der Waals surface area contributed by atoms with Gasteiger partial charge in [0.15, 0.2) is 0 Å². The molecule has 34 heavy (non-hydrogen) atoms. The van der Waals surface area contributed by atoms with E-state index < -0.39 is 30.4 Å². The Hall–Kier alpha value is -3.24. The van der Waals surface area contributed by atoms with Crippen LogP contribution in [0.5, 0.6) is 0 Å². The molecule has 0 atom stereocenters. The number of rotatable bonds is 4. The molecule has 4 aromatic carbocycles. The molecule has 0 nitrogen and oxygen atoms in total. The molecule has 7 heteroatoms. The van der Waals surface area contributed by atoms with Crippen LogP contribution in [0.3, 0.4) is 0 Å². The molecule has 0 saturated heterocycles. The van der Waals surface area contributed by atoms with E-state index in [9.17, 15) is 26.3 Å². The van der Waals surface area contributed by atoms with E-state index in [2.05, 4.69) is 0 Å². The first-order valence-electron chi connectivity index (χ1n) is 10.3. The molecule has 0 fully saturated rings. The molecule has 0 radical (unpaired) electrons. The van der Waals surface area contributed by atoms with Crippen molar-refractivity contribution < 1.29 is 26.3 Å². The summed E-state index contributed by atoms with van der Waals surface area (Å²) in [5.41, 5.74) is -2.71. The molecule has 0 N–H and O–H groups in total. The highest BCUT2D eigenvalue weighted by molar-refractivity contribution is 7.94. The summed E-state index contributed by atoms with van der Waals surface area (Å²) in [6, 6.07) is 28.4. The molecule has 4 rings (SSSR count). The molecular weight excluding hydrogens is 469 g/mol. The zero-order valence-electron chi connectivity index (χ0n) is 17.7. The predicted octanol–water partition coefficient (Wildman–Crippen LogP) is 6.87. The van der Waals surface area contributed by atoms with Gasteiger partial charge in [-0.05, 0) is 40.2 Å². The minimum Gasteiger partial charge on any atom is -0.166 e. The second-order valence-electron chi connectivity index (χ2n) is 7.63. The van der Waals surface area contributed by atoms with Gasteiger partial charge in [0.2, 0.25) is 0 Å². The van der Waals surface area contributed by atoms with E-state index >= 15 is 0 Å². The zero-order chi connectivity index (χ0) is 24.4. The molecule has 4 aromatic rings. The number of benzene rings is 4. The normalized spacial score (nSPS) is 12.4. The van der Waals surface area contributed by atoms with E-state index in [1.807, 2.05) is 0 Å². The lowest BCUT2D eigenvalue weighted by molar-refractivity contribution is -0.161. The van der Waals surface area contributed by atoms with Crippen LogP contribution >= 0.6 is 6.89 Å². The van der Waals surface area contributed by atoms with E-state index in [1.165, 1.54) is 6.07 Å². The van der Waals surface area contributed by atoms with Crippen molar-refractivity contribution in [3.63, 3.8) is 0 Å². The van der Waals surface area contributed by atoms with E-state index in [0.29, 0.717) is 22.2 Å². The van der Waals surface area contributed by atoms with Gasteiger partial charge in [-0.25, -0.2) is 0 Å². The molecule has 0 saturated carbocycles. The fraction of sp³-hybridized carbons (Fsp3) is 0.0741. The highest BCUT2D eigenvalue weighted by Crippen LogP contribution is 2.50. The largest absolute Gasteiger partial charge is 0.417 e. The molecule has 0 bridgehead atoms. The maximum absolute atomic E-state index is 14.4. The third kappa shape index (κ3) is 4.55. The smallest absolute Gasteiger partial charge is 0.166 e. The Kier molecular flexibility index (Phi) is 6.46. The van der Waals surface area contributed by atoms with Crippen LogP contribution in [0.15, 0.2) is 109 Å². The maximum Gasteiger partial charge on any atom is 0.417 e. The van der Waals surface area contributed by atoms with Crippen LogP contribution in [0.1, 0.15) is 16.7 Å². The van der Waals surface area contributed by atoms with Gasteiger partial charge in [-0.2, -0.15) is 26.3 Å². The minimum absolute atomic E-state index is 0.379. The Labute approximate surface area is 193 Å². The fourth-order valence-electron chi connectivity index (χ4n) is 4.10. The van der Waals surface area contributed by atoms with Crippen LogP contribution in [-0.2, 0) is 12.4 Å². The number of hydrogen-bond acceptors (Lipinski definition) is 0. The third-order valence-corrected chi connectivity index (χ3v) is 9.52. The first-order valence-corrected chi connectivity index (χ1v) is 12.2. The highest BCUT2D eigenvalue weighted by atomic mass is 31.2. The number of alkyl halides is 6. The predicted molar refractivity (Wildman–Crippen MR) is 127 cm³/mol. The summed E-state index contributed by atoms with van der Waals surface area (Å²) in [5.74, 6) is 1.71. The Morgan fingerprint density at radius 1 is 0.500 bits per heavy atom. The molecule has 0 aliphatic carbocycles. The SMILES string of the molecule is FC(F)(F)c1cccc(P(=Cc2ccccc2)(c2ccccc2)c2ccccc2)c1C(F)(F)F. The first kappa shape index (κ1) is 23.9. The van der Waals surface area contributed by atoms with Gasteiger partial charge in [-0.1, -0.05) is 103 Å². The third-order valence-electron chi connectivity index (χ3n) is 5.48. The Morgan fingerprint density at radius 2 is 0.971 bits per heavy atom. The lowest BCUT2D eigenvalue weighted by atomic mass is 10.1. The quantitative estimate of drug-likeness (QED) is 0.217. The molecule has 0 unspecified atom stereocenters. The second kappa shape index (κ2) is 9.19. The first-order chi connectivity index (χ1) is 16.1. The van der Waals surface area contributed by atoms with E-state index in [1.54, 1.807) is 96.8 Å². The summed E-state index contributed by atoms with van der Waals surface area (Å²) < 4.78 is 85.0. The van der Waals surface area contributed by atoms with Crippen LogP contribution in [0.2, 0.25) is 0 Å². The maximum atomic E-state index is 14.4. The van der Waals surface area contributed by atoms with Gasteiger partial charge in [0.25, 0.3) is 0 Å². The standard InChI is InChI=1S/C27H19F6P/c28-26(29,30)23-17-10-18-24(25(23)27(31,32)33)34(21-13-6-2-7-14-21,22-15-8-3-9-16-22)19-20-11-4-1-5-12-20/h1-19H. The molecule has 0 spiro atoms. The van der Waals surface area contributed by atoms with Crippen molar-refractivity contribution in [1.29, 1.82) is 0 Å². The van der Waals surface area contributed by atoms with Crippen LogP contribution in [0.25, 0.3) is 0 Å². The fourth-order valence-corrected chi connectivity index (χ4v) is 8.22. The van der Waals surface area contributed by atoms with Crippen molar-refractivity contribution in [1.82, 2.24) is 0 Å². The van der Waals surface area contributed by atoms with E-state index in [4.69, 9.17) is 0 Å². The molecule has 0 aromatic heterocycles. The lowest BCUT2D eigenvalue weighted by Crippen LogP contribution is -2.34. The number of hydrogen-bond donors (Lipinski definition) is 0. The van der Waals surface area contributed by atoms with Crippen molar-refractivity contribution in [2.45, 2.75) is 12.4 Å². The van der Waals surface area contributed by atoms with Gasteiger partial charge in [0.05, 0.1) is 11.1 Å². The average Bonchev–Trinajstić information content (AvgIpc) is 2.83. The Morgan fingerprint density at radius 3 is 1.41 bits per heavy atom. The Bertz CT molecular complexity index is 1260. The summed E-state index contributed by atoms with van der Waals surface area (Å²) in [5, 5.41) is 0.667. The second-order valence-corrected chi connectivity index (χ2v) is 10.8. The van der Waals surface area contributed by atoms with Crippen molar-refractivity contribution >= 4 is 28.6 Å². The van der Waals surface area contributed by atoms with Crippen LogP contribution in [-0.4, -0.2) is 5.80 Å². The van der Waals surface area contributed by atoms with Crippen molar-refractivity contribution in [3.05, 3.63) is 126 Å². The number of halogens is 6. The van der Waals surface area contributed by atoms with Gasteiger partial charge in [0.1, 0.15) is 0 Å². The lowest BCUT2D eigenvalue weighted by Gasteiger charge is -2.32. The topological polar surface area (TPSA) is 0 Å². The minimum atomic E-state index is -5.22. The van der Waals surface area contributed by atoms with E-state index in [-0.39, 0.29) is 5.30 Å². The van der Waals surface area contributed by atoms with Crippen molar-refractivity contribution in [2.75, 3.05) is 0 Å². The van der Waals surface area contributed by atoms with Crippen molar-refractivity contribution in [3.8, 4) is 0 Å². The van der Waals surface area contributed by atoms with Crippen molar-refractivity contribution in [2.24, 2.45) is 0 Å². The van der Waals surface area contributed by atoms with Crippen LogP contribution in [0, 0.1) is 0 Å². The summed E-state index contributed by atoms with van der Waals surface area (Å²) in [7, 11) is 0. The molecule has 174 valence electrons. The highest BCUT2D eigenvalue weighted by Gasteiger charge is 2.47. The molecule has 0 aliphatic rings. The van der Waals surface area contributed by atoms with E-state index in [0.717, 1.165) is 6.07 Å². The molecule has 0 amide bonds. The summed E-state index contributed by atoms with van der Waals surface area (Å²) in [4.78, 5) is 0. The van der Waals surface area contributed by atoms with Gasteiger partial charge in [-0.3, -0.25) is 0 Å². The summed E-state index contributed by atoms with van der Waals surface area (Å²) >= 11 is 0. The summed E-state index contributed by atoms with van der Waals surface area (Å²) in [6.45, 7) is -3.35. The van der Waals surface area contributed by atoms with Crippen LogP contribution < -0.4 is 15.9 Å². The Balaban J connectivity index is 2.27. The van der Waals surface area contributed by atoms with Gasteiger partial charge < -0.3 is 0 Å². The monoisotopic (exact) mass is 488 g/mol. The molecular formula is C27H19F6P. The van der Waals surface area contributed by atoms with Gasteiger partial charge >= 0.3 is 12.4 Å². The van der Waals surface area contributed by atoms with Crippen LogP contribution in [0.4, 0.5) is 26.3 Å². The summed E-state index contributed by atoms with van der Waals surface area (Å²) in [6.07, 6.45) is -10.4. The molecule has 0 heterocycles. The molecule has 0 aliphatic heterocycles. The zero-order valence-corrected chi connectivity index (χ0v) is 18.6. The van der Waals surface area contributed by atoms with Gasteiger partial charge in [-0.15, -0.1) is 0 Å².